The Morgan fingerprint density at radius 3 is 2.55 bits per heavy atom. The van der Waals surface area contributed by atoms with Gasteiger partial charge in [-0.15, -0.1) is 11.3 Å². The van der Waals surface area contributed by atoms with Crippen molar-refractivity contribution in [2.24, 2.45) is 0 Å². The van der Waals surface area contributed by atoms with E-state index in [4.69, 9.17) is 0 Å². The van der Waals surface area contributed by atoms with Crippen molar-refractivity contribution >= 4 is 54.0 Å². The van der Waals surface area contributed by atoms with Gasteiger partial charge in [-0.05, 0) is 45.8 Å². The van der Waals surface area contributed by atoms with Crippen LogP contribution in [-0.4, -0.2) is 0 Å². The zero-order chi connectivity index (χ0) is 14.1. The van der Waals surface area contributed by atoms with Gasteiger partial charge in [-0.25, -0.2) is 0 Å². The van der Waals surface area contributed by atoms with Gasteiger partial charge >= 0.3 is 0 Å². The standard InChI is InChI=1S/C17H14Br2S/c1-2-11-9-10-20-17(11)16(19)14-7-8-15(18)13-6-4-3-5-12(13)14/h3-10,16H,2H2,1H3. The molecule has 20 heavy (non-hydrogen) atoms. The van der Waals surface area contributed by atoms with Gasteiger partial charge in [0.1, 0.15) is 0 Å². The summed E-state index contributed by atoms with van der Waals surface area (Å²) in [5, 5.41) is 4.76. The number of fused-ring (bicyclic) bond motifs is 1. The van der Waals surface area contributed by atoms with Gasteiger partial charge in [-0.3, -0.25) is 0 Å². The van der Waals surface area contributed by atoms with E-state index in [1.54, 1.807) is 0 Å². The minimum atomic E-state index is 0.260. The van der Waals surface area contributed by atoms with Gasteiger partial charge in [0.05, 0.1) is 4.83 Å². The molecule has 0 fully saturated rings. The summed E-state index contributed by atoms with van der Waals surface area (Å²) in [6, 6.07) is 15.1. The third-order valence-electron chi connectivity index (χ3n) is 3.57. The van der Waals surface area contributed by atoms with E-state index in [9.17, 15) is 0 Å². The van der Waals surface area contributed by atoms with Crippen molar-refractivity contribution in [1.82, 2.24) is 0 Å². The molecular weight excluding hydrogens is 396 g/mol. The first kappa shape index (κ1) is 14.3. The molecule has 0 spiro atoms. The molecule has 1 heterocycles. The summed E-state index contributed by atoms with van der Waals surface area (Å²) in [6.07, 6.45) is 1.08. The summed E-state index contributed by atoms with van der Waals surface area (Å²) < 4.78 is 1.15. The number of hydrogen-bond donors (Lipinski definition) is 0. The van der Waals surface area contributed by atoms with Crippen LogP contribution in [0, 0.1) is 0 Å². The van der Waals surface area contributed by atoms with E-state index < -0.39 is 0 Å². The second-order valence-corrected chi connectivity index (χ2v) is 7.43. The van der Waals surface area contributed by atoms with Crippen LogP contribution < -0.4 is 0 Å². The molecule has 1 unspecified atom stereocenters. The lowest BCUT2D eigenvalue weighted by Gasteiger charge is -2.14. The van der Waals surface area contributed by atoms with E-state index in [0.717, 1.165) is 10.9 Å². The average molecular weight is 410 g/mol. The fourth-order valence-electron chi connectivity index (χ4n) is 2.51. The van der Waals surface area contributed by atoms with Crippen LogP contribution in [0.25, 0.3) is 10.8 Å². The molecule has 3 heteroatoms. The summed E-state index contributed by atoms with van der Waals surface area (Å²) in [5.41, 5.74) is 2.77. The van der Waals surface area contributed by atoms with Gasteiger partial charge in [0.25, 0.3) is 0 Å². The highest BCUT2D eigenvalue weighted by atomic mass is 79.9. The first-order valence-corrected chi connectivity index (χ1v) is 9.18. The molecule has 0 nitrogen and oxygen atoms in total. The van der Waals surface area contributed by atoms with Gasteiger partial charge in [0.15, 0.2) is 0 Å². The maximum atomic E-state index is 3.91. The molecule has 0 saturated carbocycles. The fourth-order valence-corrected chi connectivity index (χ4v) is 4.99. The van der Waals surface area contributed by atoms with Crippen LogP contribution in [0.1, 0.15) is 27.8 Å². The van der Waals surface area contributed by atoms with Crippen LogP contribution in [-0.2, 0) is 6.42 Å². The van der Waals surface area contributed by atoms with Gasteiger partial charge in [-0.1, -0.05) is 69.1 Å². The van der Waals surface area contributed by atoms with Crippen LogP contribution in [0.5, 0.6) is 0 Å². The second-order valence-electron chi connectivity index (χ2n) is 4.71. The van der Waals surface area contributed by atoms with Crippen molar-refractivity contribution in [1.29, 1.82) is 0 Å². The molecule has 0 aliphatic carbocycles. The molecule has 3 aromatic rings. The molecule has 0 bridgehead atoms. The highest BCUT2D eigenvalue weighted by molar-refractivity contribution is 9.10. The predicted octanol–water partition coefficient (Wildman–Crippen LogP) is 6.71. The highest BCUT2D eigenvalue weighted by Gasteiger charge is 2.18. The second kappa shape index (κ2) is 6.00. The summed E-state index contributed by atoms with van der Waals surface area (Å²) in [5.74, 6) is 0. The number of hydrogen-bond acceptors (Lipinski definition) is 1. The Balaban J connectivity index is 2.17. The first-order chi connectivity index (χ1) is 9.72. The first-order valence-electron chi connectivity index (χ1n) is 6.60. The molecule has 1 aromatic heterocycles. The highest BCUT2D eigenvalue weighted by Crippen LogP contribution is 2.41. The van der Waals surface area contributed by atoms with Gasteiger partial charge < -0.3 is 0 Å². The van der Waals surface area contributed by atoms with Gasteiger partial charge in [0, 0.05) is 9.35 Å². The van der Waals surface area contributed by atoms with Crippen LogP contribution in [0.3, 0.4) is 0 Å². The Kier molecular flexibility index (Phi) is 4.29. The lowest BCUT2D eigenvalue weighted by atomic mass is 10.00. The quantitative estimate of drug-likeness (QED) is 0.421. The Morgan fingerprint density at radius 2 is 1.80 bits per heavy atom. The van der Waals surface area contributed by atoms with E-state index >= 15 is 0 Å². The van der Waals surface area contributed by atoms with Crippen molar-refractivity contribution < 1.29 is 0 Å². The lowest BCUT2D eigenvalue weighted by Crippen LogP contribution is -1.95. The number of benzene rings is 2. The molecule has 3 rings (SSSR count). The average Bonchev–Trinajstić information content (AvgIpc) is 2.96. The molecule has 0 aliphatic rings. The minimum Gasteiger partial charge on any atom is -0.147 e. The van der Waals surface area contributed by atoms with Crippen LogP contribution in [0.2, 0.25) is 0 Å². The summed E-state index contributed by atoms with van der Waals surface area (Å²) in [7, 11) is 0. The molecule has 0 saturated heterocycles. The van der Waals surface area contributed by atoms with Crippen molar-refractivity contribution in [2.45, 2.75) is 18.2 Å². The summed E-state index contributed by atoms with van der Waals surface area (Å²) in [6.45, 7) is 2.21. The zero-order valence-electron chi connectivity index (χ0n) is 11.1. The normalized spacial score (nSPS) is 12.8. The molecule has 0 aliphatic heterocycles. The fraction of sp³-hybridized carbons (Fsp3) is 0.176. The molecule has 0 radical (unpaired) electrons. The Labute approximate surface area is 140 Å². The van der Waals surface area contributed by atoms with Crippen LogP contribution in [0.4, 0.5) is 0 Å². The molecular formula is C17H14Br2S. The predicted molar refractivity (Wildman–Crippen MR) is 96.1 cm³/mol. The topological polar surface area (TPSA) is 0 Å². The zero-order valence-corrected chi connectivity index (χ0v) is 15.1. The summed E-state index contributed by atoms with van der Waals surface area (Å²) >= 11 is 9.38. The van der Waals surface area contributed by atoms with Crippen LogP contribution >= 0.6 is 43.2 Å². The smallest absolute Gasteiger partial charge is 0.0746 e. The van der Waals surface area contributed by atoms with Crippen molar-refractivity contribution in [2.75, 3.05) is 0 Å². The Morgan fingerprint density at radius 1 is 1.05 bits per heavy atom. The lowest BCUT2D eigenvalue weighted by molar-refractivity contribution is 1.10. The van der Waals surface area contributed by atoms with E-state index in [-0.39, 0.29) is 4.83 Å². The van der Waals surface area contributed by atoms with Crippen molar-refractivity contribution in [3.8, 4) is 0 Å². The van der Waals surface area contributed by atoms with Crippen molar-refractivity contribution in [3.05, 3.63) is 68.3 Å². The number of thiophene rings is 1. The number of rotatable bonds is 3. The Bertz CT molecular complexity index is 746. The Hall–Kier alpha value is -0.640. The molecule has 1 atom stereocenters. The largest absolute Gasteiger partial charge is 0.147 e. The van der Waals surface area contributed by atoms with Gasteiger partial charge in [-0.2, -0.15) is 0 Å². The van der Waals surface area contributed by atoms with E-state index in [1.807, 2.05) is 11.3 Å². The molecule has 0 N–H and O–H groups in total. The third kappa shape index (κ3) is 2.47. The molecule has 102 valence electrons. The monoisotopic (exact) mass is 408 g/mol. The third-order valence-corrected chi connectivity index (χ3v) is 6.54. The number of aryl methyl sites for hydroxylation is 1. The van der Waals surface area contributed by atoms with Crippen LogP contribution in [0.15, 0.2) is 52.3 Å². The van der Waals surface area contributed by atoms with Crippen molar-refractivity contribution in [3.63, 3.8) is 0 Å². The maximum absolute atomic E-state index is 3.91. The maximum Gasteiger partial charge on any atom is 0.0746 e. The number of alkyl halides is 1. The van der Waals surface area contributed by atoms with E-state index in [1.165, 1.54) is 26.8 Å². The molecule has 0 amide bonds. The van der Waals surface area contributed by atoms with E-state index in [0.29, 0.717) is 0 Å². The van der Waals surface area contributed by atoms with Gasteiger partial charge in [0.2, 0.25) is 0 Å². The SMILES string of the molecule is CCc1ccsc1C(Br)c1ccc(Br)c2ccccc12. The number of halogens is 2. The summed E-state index contributed by atoms with van der Waals surface area (Å²) in [4.78, 5) is 1.68. The van der Waals surface area contributed by atoms with E-state index in [2.05, 4.69) is 86.6 Å². The minimum absolute atomic E-state index is 0.260. The molecule has 2 aromatic carbocycles.